The summed E-state index contributed by atoms with van der Waals surface area (Å²) >= 11 is 1.71. The van der Waals surface area contributed by atoms with E-state index in [1.807, 2.05) is 6.26 Å². The third-order valence-electron chi connectivity index (χ3n) is 2.36. The molecule has 0 radical (unpaired) electrons. The zero-order valence-corrected chi connectivity index (χ0v) is 10.3. The van der Waals surface area contributed by atoms with Gasteiger partial charge in [0.2, 0.25) is 0 Å². The van der Waals surface area contributed by atoms with Crippen molar-refractivity contribution in [3.8, 4) is 0 Å². The number of anilines is 1. The summed E-state index contributed by atoms with van der Waals surface area (Å²) < 4.78 is 12.9. The molecular formula is C13H13FN2S. The normalized spacial score (nSPS) is 10.2. The fraction of sp³-hybridized carbons (Fsp3) is 0.154. The highest BCUT2D eigenvalue weighted by molar-refractivity contribution is 7.98. The van der Waals surface area contributed by atoms with Crippen molar-refractivity contribution in [2.24, 2.45) is 0 Å². The average Bonchev–Trinajstić information content (AvgIpc) is 2.37. The predicted molar refractivity (Wildman–Crippen MR) is 69.7 cm³/mol. The maximum absolute atomic E-state index is 12.9. The molecule has 0 aliphatic heterocycles. The lowest BCUT2D eigenvalue weighted by molar-refractivity contribution is 0.622. The van der Waals surface area contributed by atoms with E-state index < -0.39 is 0 Å². The maximum atomic E-state index is 12.9. The van der Waals surface area contributed by atoms with E-state index in [0.717, 1.165) is 5.56 Å². The predicted octanol–water partition coefficient (Wildman–Crippen LogP) is 3.55. The van der Waals surface area contributed by atoms with Gasteiger partial charge in [-0.3, -0.25) is 4.98 Å². The summed E-state index contributed by atoms with van der Waals surface area (Å²) in [6.07, 6.45) is 4.85. The van der Waals surface area contributed by atoms with Gasteiger partial charge in [-0.2, -0.15) is 0 Å². The summed E-state index contributed by atoms with van der Waals surface area (Å²) in [6.45, 7) is 0.666. The van der Waals surface area contributed by atoms with Crippen LogP contribution in [-0.4, -0.2) is 11.2 Å². The van der Waals surface area contributed by atoms with Crippen molar-refractivity contribution in [3.05, 3.63) is 54.1 Å². The van der Waals surface area contributed by atoms with Gasteiger partial charge >= 0.3 is 0 Å². The molecule has 0 aliphatic rings. The Morgan fingerprint density at radius 1 is 1.24 bits per heavy atom. The molecule has 0 saturated heterocycles. The van der Waals surface area contributed by atoms with E-state index >= 15 is 0 Å². The SMILES string of the molecule is CSc1ccc(CNc2cncc(F)c2)cc1. The van der Waals surface area contributed by atoms with Crippen LogP contribution in [-0.2, 0) is 6.54 Å². The van der Waals surface area contributed by atoms with Crippen LogP contribution in [0.15, 0.2) is 47.6 Å². The lowest BCUT2D eigenvalue weighted by Crippen LogP contribution is -1.99. The summed E-state index contributed by atoms with van der Waals surface area (Å²) in [5, 5.41) is 3.13. The van der Waals surface area contributed by atoms with Crippen molar-refractivity contribution in [2.45, 2.75) is 11.4 Å². The fourth-order valence-electron chi connectivity index (χ4n) is 1.46. The number of thioether (sulfide) groups is 1. The van der Waals surface area contributed by atoms with Crippen LogP contribution in [0.3, 0.4) is 0 Å². The van der Waals surface area contributed by atoms with E-state index in [2.05, 4.69) is 34.6 Å². The zero-order valence-electron chi connectivity index (χ0n) is 9.48. The van der Waals surface area contributed by atoms with Crippen molar-refractivity contribution in [1.29, 1.82) is 0 Å². The van der Waals surface area contributed by atoms with Gasteiger partial charge in [0.25, 0.3) is 0 Å². The molecular weight excluding hydrogens is 235 g/mol. The second kappa shape index (κ2) is 5.68. The van der Waals surface area contributed by atoms with Gasteiger partial charge in [0.05, 0.1) is 18.1 Å². The molecule has 88 valence electrons. The van der Waals surface area contributed by atoms with Gasteiger partial charge in [-0.1, -0.05) is 12.1 Å². The maximum Gasteiger partial charge on any atom is 0.143 e. The standard InChI is InChI=1S/C13H13FN2S/c1-17-13-4-2-10(3-5-13)7-16-12-6-11(14)8-15-9-12/h2-6,8-9,16H,7H2,1H3. The number of aromatic nitrogens is 1. The Labute approximate surface area is 104 Å². The van der Waals surface area contributed by atoms with E-state index in [0.29, 0.717) is 12.2 Å². The van der Waals surface area contributed by atoms with Crippen LogP contribution in [0.25, 0.3) is 0 Å². The topological polar surface area (TPSA) is 24.9 Å². The molecule has 1 aromatic heterocycles. The van der Waals surface area contributed by atoms with Gasteiger partial charge in [-0.25, -0.2) is 4.39 Å². The Morgan fingerprint density at radius 2 is 2.00 bits per heavy atom. The number of hydrogen-bond acceptors (Lipinski definition) is 3. The average molecular weight is 248 g/mol. The minimum Gasteiger partial charge on any atom is -0.380 e. The van der Waals surface area contributed by atoms with E-state index in [1.165, 1.54) is 17.2 Å². The quantitative estimate of drug-likeness (QED) is 0.837. The monoisotopic (exact) mass is 248 g/mol. The molecule has 17 heavy (non-hydrogen) atoms. The highest BCUT2D eigenvalue weighted by Gasteiger charge is 1.97. The second-order valence-corrected chi connectivity index (χ2v) is 4.47. The zero-order chi connectivity index (χ0) is 12.1. The molecule has 1 aromatic carbocycles. The first-order valence-electron chi connectivity index (χ1n) is 5.25. The van der Waals surface area contributed by atoms with Crippen LogP contribution < -0.4 is 5.32 Å². The molecule has 0 saturated carbocycles. The molecule has 4 heteroatoms. The largest absolute Gasteiger partial charge is 0.380 e. The van der Waals surface area contributed by atoms with Gasteiger partial charge in [-0.15, -0.1) is 11.8 Å². The van der Waals surface area contributed by atoms with Crippen LogP contribution >= 0.6 is 11.8 Å². The van der Waals surface area contributed by atoms with Crippen molar-refractivity contribution >= 4 is 17.4 Å². The molecule has 0 unspecified atom stereocenters. The lowest BCUT2D eigenvalue weighted by atomic mass is 10.2. The number of rotatable bonds is 4. The molecule has 0 bridgehead atoms. The summed E-state index contributed by atoms with van der Waals surface area (Å²) in [4.78, 5) is 5.02. The highest BCUT2D eigenvalue weighted by atomic mass is 32.2. The number of halogens is 1. The summed E-state index contributed by atoms with van der Waals surface area (Å²) in [5.74, 6) is -0.326. The van der Waals surface area contributed by atoms with Crippen molar-refractivity contribution in [1.82, 2.24) is 4.98 Å². The molecule has 0 amide bonds. The number of benzene rings is 1. The number of pyridine rings is 1. The Morgan fingerprint density at radius 3 is 2.65 bits per heavy atom. The van der Waals surface area contributed by atoms with Crippen LogP contribution in [0.5, 0.6) is 0 Å². The first-order chi connectivity index (χ1) is 8.28. The third kappa shape index (κ3) is 3.46. The van der Waals surface area contributed by atoms with Crippen molar-refractivity contribution in [2.75, 3.05) is 11.6 Å². The Kier molecular flexibility index (Phi) is 3.98. The van der Waals surface area contributed by atoms with E-state index in [9.17, 15) is 4.39 Å². The van der Waals surface area contributed by atoms with Crippen molar-refractivity contribution < 1.29 is 4.39 Å². The van der Waals surface area contributed by atoms with Gasteiger partial charge in [-0.05, 0) is 24.0 Å². The smallest absolute Gasteiger partial charge is 0.143 e. The Hall–Kier alpha value is -1.55. The van der Waals surface area contributed by atoms with E-state index in [4.69, 9.17) is 0 Å². The van der Waals surface area contributed by atoms with Gasteiger partial charge < -0.3 is 5.32 Å². The summed E-state index contributed by atoms with van der Waals surface area (Å²) in [5.41, 5.74) is 1.85. The molecule has 1 N–H and O–H groups in total. The van der Waals surface area contributed by atoms with Gasteiger partial charge in [0.1, 0.15) is 5.82 Å². The second-order valence-electron chi connectivity index (χ2n) is 3.59. The minimum atomic E-state index is -0.326. The molecule has 2 nitrogen and oxygen atoms in total. The molecule has 0 aliphatic carbocycles. The Balaban J connectivity index is 1.97. The first-order valence-corrected chi connectivity index (χ1v) is 6.48. The van der Waals surface area contributed by atoms with E-state index in [1.54, 1.807) is 18.0 Å². The van der Waals surface area contributed by atoms with Crippen molar-refractivity contribution in [3.63, 3.8) is 0 Å². The summed E-state index contributed by atoms with van der Waals surface area (Å²) in [7, 11) is 0. The van der Waals surface area contributed by atoms with Crippen LogP contribution in [0.2, 0.25) is 0 Å². The minimum absolute atomic E-state index is 0.326. The Bertz CT molecular complexity index is 485. The fourth-order valence-corrected chi connectivity index (χ4v) is 1.86. The highest BCUT2D eigenvalue weighted by Crippen LogP contribution is 2.15. The first kappa shape index (κ1) is 11.9. The summed E-state index contributed by atoms with van der Waals surface area (Å²) in [6, 6.07) is 9.71. The van der Waals surface area contributed by atoms with Gasteiger partial charge in [0.15, 0.2) is 0 Å². The molecule has 2 aromatic rings. The molecule has 1 heterocycles. The number of nitrogens with one attached hydrogen (secondary N) is 1. The van der Waals surface area contributed by atoms with Gasteiger partial charge in [0, 0.05) is 17.5 Å². The molecule has 0 fully saturated rings. The lowest BCUT2D eigenvalue weighted by Gasteiger charge is -2.06. The number of hydrogen-bond donors (Lipinski definition) is 1. The molecule has 0 spiro atoms. The van der Waals surface area contributed by atoms with Crippen LogP contribution in [0.1, 0.15) is 5.56 Å². The molecule has 2 rings (SSSR count). The number of nitrogens with zero attached hydrogens (tertiary/aromatic N) is 1. The molecule has 0 atom stereocenters. The van der Waals surface area contributed by atoms with Crippen LogP contribution in [0.4, 0.5) is 10.1 Å². The third-order valence-corrected chi connectivity index (χ3v) is 3.10. The van der Waals surface area contributed by atoms with Crippen LogP contribution in [0, 0.1) is 5.82 Å². The van der Waals surface area contributed by atoms with E-state index in [-0.39, 0.29) is 5.82 Å².